The van der Waals surface area contributed by atoms with Crippen LogP contribution in [0, 0.1) is 0 Å². The molecule has 0 atom stereocenters. The van der Waals surface area contributed by atoms with Gasteiger partial charge in [0, 0.05) is 9.79 Å². The van der Waals surface area contributed by atoms with Gasteiger partial charge in [0.15, 0.2) is 0 Å². The van der Waals surface area contributed by atoms with Gasteiger partial charge in [0.05, 0.1) is 5.69 Å². The van der Waals surface area contributed by atoms with Crippen molar-refractivity contribution in [3.63, 3.8) is 0 Å². The Bertz CT molecular complexity index is 618. The zero-order valence-electron chi connectivity index (χ0n) is 11.5. The highest BCUT2D eigenvalue weighted by Gasteiger charge is 2.07. The molecule has 2 rings (SSSR count). The molecule has 0 saturated carbocycles. The quantitative estimate of drug-likeness (QED) is 0.542. The molecule has 2 aromatic carbocycles. The summed E-state index contributed by atoms with van der Waals surface area (Å²) in [6.45, 7) is 2.20. The van der Waals surface area contributed by atoms with Crippen LogP contribution in [0.2, 0.25) is 0 Å². The van der Waals surface area contributed by atoms with Crippen molar-refractivity contribution in [2.24, 2.45) is 4.99 Å². The number of hydrogen-bond acceptors (Lipinski definition) is 3. The molecule has 0 aliphatic heterocycles. The smallest absolute Gasteiger partial charge is 0.211 e. The number of nitrogens with zero attached hydrogens (tertiary/aromatic N) is 1. The summed E-state index contributed by atoms with van der Waals surface area (Å²) in [7, 11) is 0. The average molecular weight is 283 g/mol. The molecule has 0 amide bonds. The minimum atomic E-state index is 0.679. The predicted octanol–water partition coefficient (Wildman–Crippen LogP) is 5.15. The Hall–Kier alpha value is -1.83. The number of hydrogen-bond donors (Lipinski definition) is 0. The summed E-state index contributed by atoms with van der Waals surface area (Å²) in [4.78, 5) is 16.5. The van der Waals surface area contributed by atoms with Gasteiger partial charge in [-0.1, -0.05) is 55.4 Å². The van der Waals surface area contributed by atoms with Crippen molar-refractivity contribution in [1.82, 2.24) is 0 Å². The lowest BCUT2D eigenvalue weighted by Gasteiger charge is -2.09. The van der Waals surface area contributed by atoms with E-state index in [-0.39, 0.29) is 0 Å². The lowest BCUT2D eigenvalue weighted by atomic mass is 10.1. The number of aryl methyl sites for hydroxylation is 1. The third kappa shape index (κ3) is 3.83. The third-order valence-corrected chi connectivity index (χ3v) is 4.21. The van der Waals surface area contributed by atoms with Crippen LogP contribution in [0.3, 0.4) is 0 Å². The molecule has 20 heavy (non-hydrogen) atoms. The van der Waals surface area contributed by atoms with E-state index in [9.17, 15) is 4.79 Å². The second-order valence-corrected chi connectivity index (χ2v) is 5.57. The summed E-state index contributed by atoms with van der Waals surface area (Å²) < 4.78 is 0. The predicted molar refractivity (Wildman–Crippen MR) is 83.4 cm³/mol. The first-order valence-electron chi connectivity index (χ1n) is 6.77. The summed E-state index contributed by atoms with van der Waals surface area (Å²) >= 11 is 1.66. The fraction of sp³-hybridized carbons (Fsp3) is 0.235. The maximum absolute atomic E-state index is 10.5. The Morgan fingerprint density at radius 2 is 1.75 bits per heavy atom. The van der Waals surface area contributed by atoms with Gasteiger partial charge < -0.3 is 0 Å². The second-order valence-electron chi connectivity index (χ2n) is 4.48. The molecule has 0 aromatic heterocycles. The van der Waals surface area contributed by atoms with Gasteiger partial charge in [0.2, 0.25) is 6.08 Å². The lowest BCUT2D eigenvalue weighted by molar-refractivity contribution is 0.565. The Labute approximate surface area is 123 Å². The summed E-state index contributed by atoms with van der Waals surface area (Å²) in [6.07, 6.45) is 5.07. The van der Waals surface area contributed by atoms with Crippen molar-refractivity contribution in [3.8, 4) is 0 Å². The molecule has 2 aromatic rings. The van der Waals surface area contributed by atoms with Gasteiger partial charge in [0.1, 0.15) is 0 Å². The molecule has 0 radical (unpaired) electrons. The number of benzene rings is 2. The van der Waals surface area contributed by atoms with Crippen molar-refractivity contribution < 1.29 is 4.79 Å². The molecule has 0 aliphatic carbocycles. The number of carbonyl (C=O) groups excluding carboxylic acids is 1. The molecule has 0 fully saturated rings. The first kappa shape index (κ1) is 14.6. The summed E-state index contributed by atoms with van der Waals surface area (Å²) in [5, 5.41) is 0. The standard InChI is InChI=1S/C17H17NOS/c1-2-3-8-14-9-4-6-11-16(14)20-17-12-7-5-10-15(17)18-13-19/h4-7,9-12H,2-3,8H2,1H3. The van der Waals surface area contributed by atoms with Crippen molar-refractivity contribution in [2.75, 3.05) is 0 Å². The summed E-state index contributed by atoms with van der Waals surface area (Å²) in [6, 6.07) is 16.1. The van der Waals surface area contributed by atoms with Crippen molar-refractivity contribution in [1.29, 1.82) is 0 Å². The Balaban J connectivity index is 2.28. The van der Waals surface area contributed by atoms with Gasteiger partial charge in [0.25, 0.3) is 0 Å². The number of para-hydroxylation sites is 1. The maximum Gasteiger partial charge on any atom is 0.240 e. The zero-order valence-corrected chi connectivity index (χ0v) is 12.3. The highest BCUT2D eigenvalue weighted by molar-refractivity contribution is 7.99. The van der Waals surface area contributed by atoms with Crippen LogP contribution in [-0.2, 0) is 11.2 Å². The molecular weight excluding hydrogens is 266 g/mol. The van der Waals surface area contributed by atoms with Gasteiger partial charge in [-0.15, -0.1) is 0 Å². The topological polar surface area (TPSA) is 29.4 Å². The largest absolute Gasteiger partial charge is 0.240 e. The van der Waals surface area contributed by atoms with E-state index in [1.54, 1.807) is 17.8 Å². The van der Waals surface area contributed by atoms with E-state index in [1.807, 2.05) is 30.3 Å². The van der Waals surface area contributed by atoms with E-state index in [0.29, 0.717) is 5.69 Å². The second kappa shape index (κ2) is 7.68. The van der Waals surface area contributed by atoms with Crippen LogP contribution in [0.15, 0.2) is 63.3 Å². The molecular formula is C17H17NOS. The molecule has 0 heterocycles. The van der Waals surface area contributed by atoms with Crippen molar-refractivity contribution in [2.45, 2.75) is 36.0 Å². The summed E-state index contributed by atoms with van der Waals surface area (Å²) in [5.41, 5.74) is 2.03. The SMILES string of the molecule is CCCCc1ccccc1Sc1ccccc1N=C=O. The molecule has 0 bridgehead atoms. The third-order valence-electron chi connectivity index (χ3n) is 3.02. The van der Waals surface area contributed by atoms with Crippen LogP contribution in [0.1, 0.15) is 25.3 Å². The number of unbranched alkanes of at least 4 members (excludes halogenated alkanes) is 1. The van der Waals surface area contributed by atoms with Crippen LogP contribution >= 0.6 is 11.8 Å². The number of aliphatic imine (C=N–C) groups is 1. The maximum atomic E-state index is 10.5. The van der Waals surface area contributed by atoms with E-state index in [0.717, 1.165) is 11.3 Å². The molecule has 3 heteroatoms. The molecule has 0 saturated heterocycles. The first-order valence-corrected chi connectivity index (χ1v) is 7.59. The number of isocyanates is 1. The molecule has 102 valence electrons. The highest BCUT2D eigenvalue weighted by atomic mass is 32.2. The van der Waals surface area contributed by atoms with E-state index < -0.39 is 0 Å². The summed E-state index contributed by atoms with van der Waals surface area (Å²) in [5.74, 6) is 0. The van der Waals surface area contributed by atoms with Gasteiger partial charge in [-0.25, -0.2) is 4.79 Å². The van der Waals surface area contributed by atoms with Crippen molar-refractivity contribution >= 4 is 23.5 Å². The van der Waals surface area contributed by atoms with E-state index >= 15 is 0 Å². The van der Waals surface area contributed by atoms with E-state index in [1.165, 1.54) is 23.3 Å². The Kier molecular flexibility index (Phi) is 5.60. The zero-order chi connectivity index (χ0) is 14.2. The lowest BCUT2D eigenvalue weighted by Crippen LogP contribution is -1.88. The minimum Gasteiger partial charge on any atom is -0.211 e. The van der Waals surface area contributed by atoms with Gasteiger partial charge in [-0.05, 0) is 36.6 Å². The first-order chi connectivity index (χ1) is 9.85. The average Bonchev–Trinajstić information content (AvgIpc) is 2.49. The van der Waals surface area contributed by atoms with E-state index in [2.05, 4.69) is 30.1 Å². The normalized spacial score (nSPS) is 10.1. The van der Waals surface area contributed by atoms with Crippen LogP contribution in [0.25, 0.3) is 0 Å². The van der Waals surface area contributed by atoms with Gasteiger partial charge in [-0.2, -0.15) is 4.99 Å². The van der Waals surface area contributed by atoms with Gasteiger partial charge in [-0.3, -0.25) is 0 Å². The Morgan fingerprint density at radius 1 is 1.05 bits per heavy atom. The highest BCUT2D eigenvalue weighted by Crippen LogP contribution is 2.36. The molecule has 0 aliphatic rings. The Morgan fingerprint density at radius 3 is 2.50 bits per heavy atom. The van der Waals surface area contributed by atoms with Crippen molar-refractivity contribution in [3.05, 3.63) is 54.1 Å². The minimum absolute atomic E-state index is 0.679. The number of rotatable bonds is 6. The molecule has 0 N–H and O–H groups in total. The van der Waals surface area contributed by atoms with Crippen LogP contribution in [0.5, 0.6) is 0 Å². The monoisotopic (exact) mass is 283 g/mol. The van der Waals surface area contributed by atoms with Crippen LogP contribution in [0.4, 0.5) is 5.69 Å². The van der Waals surface area contributed by atoms with E-state index in [4.69, 9.17) is 0 Å². The van der Waals surface area contributed by atoms with Gasteiger partial charge >= 0.3 is 0 Å². The fourth-order valence-corrected chi connectivity index (χ4v) is 3.03. The molecule has 0 spiro atoms. The van der Waals surface area contributed by atoms with Crippen LogP contribution in [-0.4, -0.2) is 6.08 Å². The van der Waals surface area contributed by atoms with Crippen LogP contribution < -0.4 is 0 Å². The molecule has 2 nitrogen and oxygen atoms in total. The molecule has 0 unspecified atom stereocenters. The fourth-order valence-electron chi connectivity index (χ4n) is 1.98.